The van der Waals surface area contributed by atoms with Gasteiger partial charge in [-0.05, 0) is 39.0 Å². The molecule has 0 aromatic carbocycles. The van der Waals surface area contributed by atoms with E-state index in [4.69, 9.17) is 4.52 Å². The highest BCUT2D eigenvalue weighted by atomic mass is 16.5. The zero-order valence-corrected chi connectivity index (χ0v) is 11.1. The number of hydrogen-bond acceptors (Lipinski definition) is 5. The average Bonchev–Trinajstić information content (AvgIpc) is 2.83. The van der Waals surface area contributed by atoms with E-state index >= 15 is 0 Å². The molecule has 0 saturated carbocycles. The first kappa shape index (κ1) is 12.1. The average molecular weight is 258 g/mol. The summed E-state index contributed by atoms with van der Waals surface area (Å²) in [5.74, 6) is 0.820. The molecular formula is C14H18N4O. The third kappa shape index (κ3) is 2.59. The van der Waals surface area contributed by atoms with Crippen LogP contribution in [0.4, 0.5) is 5.82 Å². The van der Waals surface area contributed by atoms with Crippen molar-refractivity contribution in [3.63, 3.8) is 0 Å². The molecule has 19 heavy (non-hydrogen) atoms. The zero-order valence-electron chi connectivity index (χ0n) is 11.1. The second-order valence-electron chi connectivity index (χ2n) is 4.96. The topological polar surface area (TPSA) is 63.8 Å². The molecule has 3 rings (SSSR count). The number of rotatable bonds is 4. The fourth-order valence-electron chi connectivity index (χ4n) is 2.53. The molecule has 1 aliphatic rings. The maximum absolute atomic E-state index is 5.13. The van der Waals surface area contributed by atoms with E-state index in [1.807, 2.05) is 6.92 Å². The van der Waals surface area contributed by atoms with Crippen LogP contribution < -0.4 is 5.32 Å². The Morgan fingerprint density at radius 2 is 2.26 bits per heavy atom. The van der Waals surface area contributed by atoms with E-state index < -0.39 is 0 Å². The zero-order chi connectivity index (χ0) is 13.1. The number of hydrogen-bond donors (Lipinski definition) is 1. The van der Waals surface area contributed by atoms with Gasteiger partial charge in [-0.2, -0.15) is 4.98 Å². The largest absolute Gasteiger partial charge is 0.369 e. The molecule has 5 nitrogen and oxygen atoms in total. The van der Waals surface area contributed by atoms with Gasteiger partial charge in [-0.3, -0.25) is 0 Å². The Bertz CT molecular complexity index is 603. The predicted octanol–water partition coefficient (Wildman–Crippen LogP) is 3.23. The van der Waals surface area contributed by atoms with E-state index in [-0.39, 0.29) is 0 Å². The van der Waals surface area contributed by atoms with E-state index in [1.54, 1.807) is 5.57 Å². The summed E-state index contributed by atoms with van der Waals surface area (Å²) >= 11 is 0. The van der Waals surface area contributed by atoms with Crippen LogP contribution in [0, 0.1) is 6.92 Å². The molecule has 0 saturated heterocycles. The summed E-state index contributed by atoms with van der Waals surface area (Å²) in [6.07, 6.45) is 10.1. The van der Waals surface area contributed by atoms with Crippen LogP contribution in [0.25, 0.3) is 11.1 Å². The van der Waals surface area contributed by atoms with Crippen molar-refractivity contribution in [3.05, 3.63) is 23.7 Å². The molecule has 0 unspecified atom stereocenters. The molecule has 0 fully saturated rings. The molecule has 2 heterocycles. The summed E-state index contributed by atoms with van der Waals surface area (Å²) in [5.41, 5.74) is 2.94. The lowest BCUT2D eigenvalue weighted by atomic mass is 9.97. The van der Waals surface area contributed by atoms with Gasteiger partial charge in [0.05, 0.1) is 5.69 Å². The van der Waals surface area contributed by atoms with Gasteiger partial charge in [-0.15, -0.1) is 0 Å². The lowest BCUT2D eigenvalue weighted by Crippen LogP contribution is -2.06. The van der Waals surface area contributed by atoms with Crippen molar-refractivity contribution < 1.29 is 4.52 Å². The summed E-state index contributed by atoms with van der Waals surface area (Å²) < 4.78 is 5.13. The minimum absolute atomic E-state index is 0.548. The fraction of sp³-hybridized carbons (Fsp3) is 0.500. The first-order valence-electron chi connectivity index (χ1n) is 6.83. The number of aryl methyl sites for hydroxylation is 1. The Balaban J connectivity index is 1.68. The van der Waals surface area contributed by atoms with Gasteiger partial charge in [0.2, 0.25) is 0 Å². The lowest BCUT2D eigenvalue weighted by Gasteiger charge is -2.13. The van der Waals surface area contributed by atoms with E-state index in [9.17, 15) is 0 Å². The summed E-state index contributed by atoms with van der Waals surface area (Å²) in [6.45, 7) is 2.80. The van der Waals surface area contributed by atoms with Crippen LogP contribution in [0.3, 0.4) is 0 Å². The van der Waals surface area contributed by atoms with E-state index in [0.717, 1.165) is 29.9 Å². The third-order valence-electron chi connectivity index (χ3n) is 3.57. The van der Waals surface area contributed by atoms with Crippen LogP contribution in [0.1, 0.15) is 37.8 Å². The van der Waals surface area contributed by atoms with Gasteiger partial charge in [0.25, 0.3) is 5.71 Å². The number of allylic oxidation sites excluding steroid dienone is 1. The van der Waals surface area contributed by atoms with Gasteiger partial charge in [0, 0.05) is 6.54 Å². The van der Waals surface area contributed by atoms with Gasteiger partial charge < -0.3 is 9.84 Å². The minimum Gasteiger partial charge on any atom is -0.369 e. The van der Waals surface area contributed by atoms with Crippen LogP contribution >= 0.6 is 0 Å². The molecular weight excluding hydrogens is 240 g/mol. The van der Waals surface area contributed by atoms with Crippen molar-refractivity contribution in [2.45, 2.75) is 39.0 Å². The van der Waals surface area contributed by atoms with Crippen molar-refractivity contribution in [1.29, 1.82) is 0 Å². The summed E-state index contributed by atoms with van der Waals surface area (Å²) in [5, 5.41) is 8.18. The maximum atomic E-state index is 5.13. The van der Waals surface area contributed by atoms with Gasteiger partial charge in [-0.1, -0.05) is 16.8 Å². The molecule has 0 spiro atoms. The van der Waals surface area contributed by atoms with Crippen molar-refractivity contribution in [3.8, 4) is 0 Å². The minimum atomic E-state index is 0.548. The Labute approximate surface area is 112 Å². The van der Waals surface area contributed by atoms with Gasteiger partial charge in [0.15, 0.2) is 0 Å². The molecule has 0 aliphatic heterocycles. The third-order valence-corrected chi connectivity index (χ3v) is 3.57. The number of nitrogens with one attached hydrogen (secondary N) is 1. The van der Waals surface area contributed by atoms with Crippen LogP contribution in [0.15, 0.2) is 22.5 Å². The highest BCUT2D eigenvalue weighted by molar-refractivity contribution is 5.87. The van der Waals surface area contributed by atoms with Crippen molar-refractivity contribution in [2.75, 3.05) is 11.9 Å². The highest BCUT2D eigenvalue weighted by Crippen LogP contribution is 2.23. The summed E-state index contributed by atoms with van der Waals surface area (Å²) in [7, 11) is 0. The number of fused-ring (bicyclic) bond motifs is 1. The first-order chi connectivity index (χ1) is 9.34. The van der Waals surface area contributed by atoms with Crippen LogP contribution in [0.2, 0.25) is 0 Å². The fourth-order valence-corrected chi connectivity index (χ4v) is 2.53. The van der Waals surface area contributed by atoms with Crippen LogP contribution in [-0.4, -0.2) is 21.7 Å². The van der Waals surface area contributed by atoms with E-state index in [0.29, 0.717) is 5.71 Å². The van der Waals surface area contributed by atoms with Crippen LogP contribution in [0.5, 0.6) is 0 Å². The first-order valence-corrected chi connectivity index (χ1v) is 6.83. The molecule has 0 atom stereocenters. The van der Waals surface area contributed by atoms with Gasteiger partial charge in [0.1, 0.15) is 17.5 Å². The molecule has 0 bridgehead atoms. The van der Waals surface area contributed by atoms with Crippen molar-refractivity contribution in [2.24, 2.45) is 0 Å². The molecule has 0 radical (unpaired) electrons. The number of aromatic nitrogens is 3. The second-order valence-corrected chi connectivity index (χ2v) is 4.96. The molecule has 2 aromatic rings. The Hall–Kier alpha value is -1.91. The van der Waals surface area contributed by atoms with Gasteiger partial charge in [-0.25, -0.2) is 4.98 Å². The predicted molar refractivity (Wildman–Crippen MR) is 74.0 cm³/mol. The Morgan fingerprint density at radius 3 is 3.11 bits per heavy atom. The normalized spacial score (nSPS) is 15.5. The molecule has 100 valence electrons. The molecule has 0 amide bonds. The van der Waals surface area contributed by atoms with E-state index in [1.165, 1.54) is 32.0 Å². The molecule has 2 aromatic heterocycles. The van der Waals surface area contributed by atoms with Gasteiger partial charge >= 0.3 is 0 Å². The summed E-state index contributed by atoms with van der Waals surface area (Å²) in [6, 6.07) is 0. The van der Waals surface area contributed by atoms with Crippen LogP contribution in [-0.2, 0) is 0 Å². The number of nitrogens with zero attached hydrogens (tertiary/aromatic N) is 3. The quantitative estimate of drug-likeness (QED) is 0.853. The lowest BCUT2D eigenvalue weighted by molar-refractivity contribution is 0.442. The standard InChI is InChI=1S/C14H18N4O/c1-10-12-13(16-9-17-14(12)19-18-10)15-8-7-11-5-3-2-4-6-11/h5,9H,2-4,6-8H2,1H3,(H,15,16,17). The summed E-state index contributed by atoms with van der Waals surface area (Å²) in [4.78, 5) is 8.35. The monoisotopic (exact) mass is 258 g/mol. The van der Waals surface area contributed by atoms with E-state index in [2.05, 4.69) is 26.5 Å². The molecule has 5 heteroatoms. The van der Waals surface area contributed by atoms with Crippen molar-refractivity contribution in [1.82, 2.24) is 15.1 Å². The second kappa shape index (κ2) is 5.38. The molecule has 1 N–H and O–H groups in total. The highest BCUT2D eigenvalue weighted by Gasteiger charge is 2.11. The smallest absolute Gasteiger partial charge is 0.263 e. The number of anilines is 1. The SMILES string of the molecule is Cc1noc2ncnc(NCCC3=CCCCC3)c12. The molecule has 1 aliphatic carbocycles. The van der Waals surface area contributed by atoms with Crippen molar-refractivity contribution >= 4 is 16.9 Å². The Kier molecular flexibility index (Phi) is 3.44. The Morgan fingerprint density at radius 1 is 1.32 bits per heavy atom. The maximum Gasteiger partial charge on any atom is 0.263 e.